The van der Waals surface area contributed by atoms with Crippen molar-refractivity contribution in [1.82, 2.24) is 30.4 Å². The number of tetrazole rings is 1. The molecule has 30 heavy (non-hydrogen) atoms. The molecule has 0 saturated carbocycles. The SMILES string of the molecule is CC(CN1CCOCC1)NC(=O)c1cc(-c2ccc(Cl)cc2)cc(-n2cnnn2)c1. The summed E-state index contributed by atoms with van der Waals surface area (Å²) in [5.74, 6) is -0.138. The number of carbonyl (C=O) groups is 1. The molecule has 4 rings (SSSR count). The van der Waals surface area contributed by atoms with E-state index in [1.807, 2.05) is 43.3 Å². The van der Waals surface area contributed by atoms with Crippen molar-refractivity contribution >= 4 is 17.5 Å². The third-order valence-corrected chi connectivity index (χ3v) is 5.24. The first-order chi connectivity index (χ1) is 14.6. The number of hydrogen-bond acceptors (Lipinski definition) is 6. The molecule has 3 aromatic rings. The predicted octanol–water partition coefficient (Wildman–Crippen LogP) is 2.43. The summed E-state index contributed by atoms with van der Waals surface area (Å²) in [5.41, 5.74) is 3.08. The Hall–Kier alpha value is -2.81. The van der Waals surface area contributed by atoms with Gasteiger partial charge in [0, 0.05) is 36.3 Å². The molecule has 1 saturated heterocycles. The molecule has 2 aromatic carbocycles. The Morgan fingerprint density at radius 3 is 2.63 bits per heavy atom. The topological polar surface area (TPSA) is 85.2 Å². The lowest BCUT2D eigenvalue weighted by Crippen LogP contribution is -2.46. The standard InChI is InChI=1S/C21H23ClN6O2/c1-15(13-27-6-8-30-9-7-27)24-21(29)18-10-17(16-2-4-19(22)5-3-16)11-20(12-18)28-14-23-25-26-28/h2-5,10-12,14-15H,6-9,13H2,1H3,(H,24,29). The molecule has 0 aliphatic carbocycles. The quantitative estimate of drug-likeness (QED) is 0.651. The lowest BCUT2D eigenvalue weighted by molar-refractivity contribution is 0.0342. The van der Waals surface area contributed by atoms with Gasteiger partial charge >= 0.3 is 0 Å². The van der Waals surface area contributed by atoms with E-state index in [9.17, 15) is 4.79 Å². The third-order valence-electron chi connectivity index (χ3n) is 4.98. The van der Waals surface area contributed by atoms with Crippen molar-refractivity contribution in [3.63, 3.8) is 0 Å². The minimum Gasteiger partial charge on any atom is -0.379 e. The maximum absolute atomic E-state index is 13.0. The molecule has 1 aromatic heterocycles. The molecule has 1 N–H and O–H groups in total. The smallest absolute Gasteiger partial charge is 0.251 e. The largest absolute Gasteiger partial charge is 0.379 e. The van der Waals surface area contributed by atoms with E-state index >= 15 is 0 Å². The van der Waals surface area contributed by atoms with Gasteiger partial charge < -0.3 is 10.1 Å². The highest BCUT2D eigenvalue weighted by Crippen LogP contribution is 2.25. The van der Waals surface area contributed by atoms with Gasteiger partial charge in [0.25, 0.3) is 5.91 Å². The Kier molecular flexibility index (Phi) is 6.37. The molecule has 9 heteroatoms. The van der Waals surface area contributed by atoms with Gasteiger partial charge in [0.05, 0.1) is 18.9 Å². The third kappa shape index (κ3) is 5.02. The average molecular weight is 427 g/mol. The van der Waals surface area contributed by atoms with Gasteiger partial charge in [-0.15, -0.1) is 5.10 Å². The van der Waals surface area contributed by atoms with Gasteiger partial charge in [-0.3, -0.25) is 9.69 Å². The highest BCUT2D eigenvalue weighted by atomic mass is 35.5. The van der Waals surface area contributed by atoms with Crippen LogP contribution in [0.25, 0.3) is 16.8 Å². The number of nitrogens with one attached hydrogen (secondary N) is 1. The summed E-state index contributed by atoms with van der Waals surface area (Å²) in [6.07, 6.45) is 1.50. The lowest BCUT2D eigenvalue weighted by Gasteiger charge is -2.29. The van der Waals surface area contributed by atoms with Crippen LogP contribution in [-0.2, 0) is 4.74 Å². The predicted molar refractivity (Wildman–Crippen MR) is 114 cm³/mol. The number of rotatable bonds is 6. The molecular weight excluding hydrogens is 404 g/mol. The van der Waals surface area contributed by atoms with E-state index in [1.54, 1.807) is 6.07 Å². The van der Waals surface area contributed by atoms with Gasteiger partial charge in [-0.25, -0.2) is 4.68 Å². The summed E-state index contributed by atoms with van der Waals surface area (Å²) in [7, 11) is 0. The van der Waals surface area contributed by atoms with Crippen molar-refractivity contribution in [3.05, 3.63) is 59.4 Å². The number of amides is 1. The zero-order chi connectivity index (χ0) is 20.9. The van der Waals surface area contributed by atoms with Crippen LogP contribution in [0.5, 0.6) is 0 Å². The van der Waals surface area contributed by atoms with E-state index in [2.05, 4.69) is 25.7 Å². The van der Waals surface area contributed by atoms with Crippen molar-refractivity contribution in [2.75, 3.05) is 32.8 Å². The second-order valence-electron chi connectivity index (χ2n) is 7.32. The van der Waals surface area contributed by atoms with Crippen molar-refractivity contribution in [2.45, 2.75) is 13.0 Å². The highest BCUT2D eigenvalue weighted by Gasteiger charge is 2.17. The van der Waals surface area contributed by atoms with Gasteiger partial charge in [-0.1, -0.05) is 23.7 Å². The number of carbonyl (C=O) groups excluding carboxylic acids is 1. The van der Waals surface area contributed by atoms with Crippen LogP contribution in [0.3, 0.4) is 0 Å². The van der Waals surface area contributed by atoms with E-state index in [0.717, 1.165) is 44.0 Å². The average Bonchev–Trinajstić information content (AvgIpc) is 3.29. The van der Waals surface area contributed by atoms with E-state index in [-0.39, 0.29) is 11.9 Å². The molecule has 156 valence electrons. The minimum atomic E-state index is -0.138. The second kappa shape index (κ2) is 9.34. The molecule has 1 atom stereocenters. The van der Waals surface area contributed by atoms with Crippen molar-refractivity contribution < 1.29 is 9.53 Å². The second-order valence-corrected chi connectivity index (χ2v) is 7.75. The summed E-state index contributed by atoms with van der Waals surface area (Å²) >= 11 is 6.02. The fraction of sp³-hybridized carbons (Fsp3) is 0.333. The molecule has 1 amide bonds. The molecule has 8 nitrogen and oxygen atoms in total. The van der Waals surface area contributed by atoms with Crippen LogP contribution in [0.2, 0.25) is 5.02 Å². The van der Waals surface area contributed by atoms with Crippen LogP contribution >= 0.6 is 11.6 Å². The van der Waals surface area contributed by atoms with Crippen LogP contribution in [0, 0.1) is 0 Å². The summed E-state index contributed by atoms with van der Waals surface area (Å²) in [6.45, 7) is 6.04. The van der Waals surface area contributed by atoms with Crippen LogP contribution < -0.4 is 5.32 Å². The van der Waals surface area contributed by atoms with E-state index < -0.39 is 0 Å². The molecule has 1 aliphatic rings. The first-order valence-electron chi connectivity index (χ1n) is 9.84. The van der Waals surface area contributed by atoms with Gasteiger partial charge in [0.15, 0.2) is 0 Å². The molecule has 1 fully saturated rings. The van der Waals surface area contributed by atoms with Crippen LogP contribution in [0.4, 0.5) is 0 Å². The van der Waals surface area contributed by atoms with Crippen molar-refractivity contribution in [1.29, 1.82) is 0 Å². The number of morpholine rings is 1. The fourth-order valence-electron chi connectivity index (χ4n) is 3.49. The van der Waals surface area contributed by atoms with E-state index in [0.29, 0.717) is 16.3 Å². The molecule has 2 heterocycles. The fourth-order valence-corrected chi connectivity index (χ4v) is 3.61. The Labute approximate surface area is 179 Å². The number of benzene rings is 2. The van der Waals surface area contributed by atoms with Gasteiger partial charge in [0.2, 0.25) is 0 Å². The maximum atomic E-state index is 13.0. The first-order valence-corrected chi connectivity index (χ1v) is 10.2. The van der Waals surface area contributed by atoms with Crippen LogP contribution in [-0.4, -0.2) is 69.9 Å². The van der Waals surface area contributed by atoms with Crippen molar-refractivity contribution in [2.24, 2.45) is 0 Å². The normalized spacial score (nSPS) is 15.7. The highest BCUT2D eigenvalue weighted by molar-refractivity contribution is 6.30. The lowest BCUT2D eigenvalue weighted by atomic mass is 10.0. The van der Waals surface area contributed by atoms with Crippen LogP contribution in [0.15, 0.2) is 48.8 Å². The molecular formula is C21H23ClN6O2. The number of ether oxygens (including phenoxy) is 1. The zero-order valence-electron chi connectivity index (χ0n) is 16.7. The van der Waals surface area contributed by atoms with Gasteiger partial charge in [-0.05, 0) is 58.8 Å². The first kappa shape index (κ1) is 20.5. The number of halogens is 1. The summed E-state index contributed by atoms with van der Waals surface area (Å²) in [6, 6.07) is 13.1. The Balaban J connectivity index is 1.57. The van der Waals surface area contributed by atoms with E-state index in [1.165, 1.54) is 11.0 Å². The van der Waals surface area contributed by atoms with Gasteiger partial charge in [0.1, 0.15) is 6.33 Å². The van der Waals surface area contributed by atoms with Crippen molar-refractivity contribution in [3.8, 4) is 16.8 Å². The zero-order valence-corrected chi connectivity index (χ0v) is 17.4. The minimum absolute atomic E-state index is 0.00581. The van der Waals surface area contributed by atoms with E-state index in [4.69, 9.17) is 16.3 Å². The van der Waals surface area contributed by atoms with Gasteiger partial charge in [-0.2, -0.15) is 0 Å². The number of hydrogen-bond donors (Lipinski definition) is 1. The Morgan fingerprint density at radius 1 is 1.17 bits per heavy atom. The molecule has 1 aliphatic heterocycles. The summed E-state index contributed by atoms with van der Waals surface area (Å²) < 4.78 is 6.92. The molecule has 1 unspecified atom stereocenters. The Bertz CT molecular complexity index is 987. The number of aromatic nitrogens is 4. The monoisotopic (exact) mass is 426 g/mol. The molecule has 0 radical (unpaired) electrons. The molecule has 0 bridgehead atoms. The number of nitrogens with zero attached hydrogens (tertiary/aromatic N) is 5. The molecule has 0 spiro atoms. The summed E-state index contributed by atoms with van der Waals surface area (Å²) in [4.78, 5) is 15.3. The maximum Gasteiger partial charge on any atom is 0.251 e. The summed E-state index contributed by atoms with van der Waals surface area (Å²) in [5, 5.41) is 15.1. The van der Waals surface area contributed by atoms with Crippen LogP contribution in [0.1, 0.15) is 17.3 Å². The Morgan fingerprint density at radius 2 is 1.93 bits per heavy atom.